The van der Waals surface area contributed by atoms with Crippen LogP contribution in [0.2, 0.25) is 0 Å². The first-order valence-corrected chi connectivity index (χ1v) is 8.15. The molecule has 21 heavy (non-hydrogen) atoms. The monoisotopic (exact) mass is 302 g/mol. The lowest BCUT2D eigenvalue weighted by Gasteiger charge is -2.06. The van der Waals surface area contributed by atoms with Gasteiger partial charge in [0, 0.05) is 29.7 Å². The fraction of sp³-hybridized carbons (Fsp3) is 0.133. The van der Waals surface area contributed by atoms with E-state index in [4.69, 9.17) is 4.18 Å². The molecule has 0 unspecified atom stereocenters. The number of rotatable bonds is 3. The third-order valence-electron chi connectivity index (χ3n) is 3.21. The van der Waals surface area contributed by atoms with Crippen molar-refractivity contribution < 1.29 is 12.6 Å². The van der Waals surface area contributed by atoms with Gasteiger partial charge in [0.1, 0.15) is 0 Å². The lowest BCUT2D eigenvalue weighted by atomic mass is 10.2. The molecule has 0 saturated carbocycles. The van der Waals surface area contributed by atoms with E-state index in [1.165, 1.54) is 6.20 Å². The highest BCUT2D eigenvalue weighted by Gasteiger charge is 2.10. The van der Waals surface area contributed by atoms with Crippen molar-refractivity contribution in [1.29, 1.82) is 0 Å². The average Bonchev–Trinajstić information content (AvgIpc) is 2.75. The fourth-order valence-corrected chi connectivity index (χ4v) is 2.79. The second-order valence-electron chi connectivity index (χ2n) is 4.84. The molecule has 0 N–H and O–H groups in total. The normalized spacial score (nSPS) is 11.7. The maximum Gasteiger partial charge on any atom is 0.306 e. The summed E-state index contributed by atoms with van der Waals surface area (Å²) in [7, 11) is -1.60. The number of hydrogen-bond acceptors (Lipinski definition) is 4. The Hall–Kier alpha value is -2.34. The number of fused-ring (bicyclic) bond motifs is 1. The van der Waals surface area contributed by atoms with Crippen molar-refractivity contribution in [2.24, 2.45) is 7.05 Å². The van der Waals surface area contributed by atoms with Crippen molar-refractivity contribution in [2.45, 2.75) is 0 Å². The highest BCUT2D eigenvalue weighted by atomic mass is 32.2. The summed E-state index contributed by atoms with van der Waals surface area (Å²) in [6.45, 7) is 0. The van der Waals surface area contributed by atoms with Crippen LogP contribution < -0.4 is 4.18 Å². The molecule has 0 spiro atoms. The van der Waals surface area contributed by atoms with Gasteiger partial charge in [-0.05, 0) is 18.2 Å². The molecule has 0 radical (unpaired) electrons. The highest BCUT2D eigenvalue weighted by Crippen LogP contribution is 2.28. The zero-order valence-electron chi connectivity index (χ0n) is 11.6. The molecule has 0 fully saturated rings. The summed E-state index contributed by atoms with van der Waals surface area (Å²) in [6, 6.07) is 11.7. The Kier molecular flexibility index (Phi) is 3.17. The van der Waals surface area contributed by atoms with E-state index in [2.05, 4.69) is 4.98 Å². The Balaban J connectivity index is 2.10. The molecule has 0 bridgehead atoms. The lowest BCUT2D eigenvalue weighted by molar-refractivity contribution is 0.492. The van der Waals surface area contributed by atoms with Crippen LogP contribution in [0.4, 0.5) is 0 Å². The predicted octanol–water partition coefficient (Wildman–Crippen LogP) is 2.58. The topological polar surface area (TPSA) is 61.2 Å². The summed E-state index contributed by atoms with van der Waals surface area (Å²) >= 11 is 0. The third-order valence-corrected chi connectivity index (χ3v) is 3.70. The summed E-state index contributed by atoms with van der Waals surface area (Å²) in [4.78, 5) is 4.05. The van der Waals surface area contributed by atoms with Crippen molar-refractivity contribution in [3.05, 3.63) is 48.8 Å². The van der Waals surface area contributed by atoms with Gasteiger partial charge >= 0.3 is 10.1 Å². The first kappa shape index (κ1) is 13.6. The minimum atomic E-state index is -3.56. The number of hydrogen-bond donors (Lipinski definition) is 0. The maximum absolute atomic E-state index is 11.2. The van der Waals surface area contributed by atoms with Crippen LogP contribution in [0, 0.1) is 0 Å². The smallest absolute Gasteiger partial charge is 0.306 e. The first-order chi connectivity index (χ1) is 9.94. The summed E-state index contributed by atoms with van der Waals surface area (Å²) < 4.78 is 29.3. The Bertz CT molecular complexity index is 914. The van der Waals surface area contributed by atoms with Crippen LogP contribution in [0.25, 0.3) is 22.2 Å². The van der Waals surface area contributed by atoms with Crippen LogP contribution in [0.1, 0.15) is 0 Å². The lowest BCUT2D eigenvalue weighted by Crippen LogP contribution is -2.06. The summed E-state index contributed by atoms with van der Waals surface area (Å²) in [5.74, 6) is 0.209. The van der Waals surface area contributed by atoms with Gasteiger partial charge in [0.15, 0.2) is 5.75 Å². The molecule has 0 atom stereocenters. The molecule has 5 nitrogen and oxygen atoms in total. The van der Waals surface area contributed by atoms with Crippen molar-refractivity contribution in [2.75, 3.05) is 6.26 Å². The van der Waals surface area contributed by atoms with E-state index in [1.54, 1.807) is 12.3 Å². The molecule has 3 rings (SSSR count). The van der Waals surface area contributed by atoms with Gasteiger partial charge in [-0.15, -0.1) is 0 Å². The number of aromatic nitrogens is 2. The maximum atomic E-state index is 11.2. The molecule has 0 aliphatic carbocycles. The number of aryl methyl sites for hydroxylation is 1. The summed E-state index contributed by atoms with van der Waals surface area (Å²) in [5, 5.41) is 1.12. The second-order valence-corrected chi connectivity index (χ2v) is 6.42. The largest absolute Gasteiger partial charge is 0.381 e. The number of pyridine rings is 1. The molecule has 0 aliphatic heterocycles. The van der Waals surface area contributed by atoms with E-state index < -0.39 is 10.1 Å². The van der Waals surface area contributed by atoms with E-state index in [0.29, 0.717) is 0 Å². The molecule has 6 heteroatoms. The fourth-order valence-electron chi connectivity index (χ4n) is 2.35. The van der Waals surface area contributed by atoms with Crippen LogP contribution in [0.15, 0.2) is 48.8 Å². The van der Waals surface area contributed by atoms with Crippen LogP contribution in [-0.2, 0) is 17.2 Å². The molecule has 2 heterocycles. The zero-order chi connectivity index (χ0) is 15.0. The average molecular weight is 302 g/mol. The van der Waals surface area contributed by atoms with Crippen LogP contribution in [-0.4, -0.2) is 24.2 Å². The van der Waals surface area contributed by atoms with E-state index in [1.807, 2.05) is 41.9 Å². The second kappa shape index (κ2) is 4.89. The van der Waals surface area contributed by atoms with Gasteiger partial charge in [-0.2, -0.15) is 8.42 Å². The van der Waals surface area contributed by atoms with E-state index in [-0.39, 0.29) is 5.75 Å². The standard InChI is InChI=1S/C15H14N2O3S/c1-17-14-6-4-3-5-11(14)8-15(17)12-7-13(10-16-9-12)20-21(2,18)19/h3-10H,1-2H3. The Morgan fingerprint density at radius 3 is 2.62 bits per heavy atom. The SMILES string of the molecule is Cn1c(-c2cncc(OS(C)(=O)=O)c2)cc2ccccc21. The quantitative estimate of drug-likeness (QED) is 0.698. The molecule has 3 aromatic rings. The van der Waals surface area contributed by atoms with Crippen molar-refractivity contribution in [3.8, 4) is 17.0 Å². The molecule has 0 saturated heterocycles. The van der Waals surface area contributed by atoms with E-state index in [0.717, 1.165) is 28.4 Å². The van der Waals surface area contributed by atoms with Gasteiger partial charge in [0.25, 0.3) is 0 Å². The zero-order valence-corrected chi connectivity index (χ0v) is 12.5. The Labute approximate surface area is 122 Å². The minimum Gasteiger partial charge on any atom is -0.381 e. The van der Waals surface area contributed by atoms with E-state index in [9.17, 15) is 8.42 Å². The number of benzene rings is 1. The molecule has 1 aromatic carbocycles. The van der Waals surface area contributed by atoms with Crippen LogP contribution in [0.5, 0.6) is 5.75 Å². The molecule has 0 aliphatic rings. The molecule has 108 valence electrons. The van der Waals surface area contributed by atoms with Gasteiger partial charge in [-0.1, -0.05) is 18.2 Å². The van der Waals surface area contributed by atoms with Crippen molar-refractivity contribution in [3.63, 3.8) is 0 Å². The van der Waals surface area contributed by atoms with Gasteiger partial charge < -0.3 is 8.75 Å². The van der Waals surface area contributed by atoms with Crippen molar-refractivity contribution in [1.82, 2.24) is 9.55 Å². The van der Waals surface area contributed by atoms with Gasteiger partial charge in [-0.3, -0.25) is 4.98 Å². The predicted molar refractivity (Wildman–Crippen MR) is 81.6 cm³/mol. The van der Waals surface area contributed by atoms with Gasteiger partial charge in [-0.25, -0.2) is 0 Å². The molecule has 2 aromatic heterocycles. The highest BCUT2D eigenvalue weighted by molar-refractivity contribution is 7.86. The molecular weight excluding hydrogens is 288 g/mol. The summed E-state index contributed by atoms with van der Waals surface area (Å²) in [6.07, 6.45) is 4.08. The number of para-hydroxylation sites is 1. The molecular formula is C15H14N2O3S. The van der Waals surface area contributed by atoms with Crippen LogP contribution >= 0.6 is 0 Å². The first-order valence-electron chi connectivity index (χ1n) is 6.33. The van der Waals surface area contributed by atoms with E-state index >= 15 is 0 Å². The van der Waals surface area contributed by atoms with Crippen molar-refractivity contribution >= 4 is 21.0 Å². The summed E-state index contributed by atoms with van der Waals surface area (Å²) in [5.41, 5.74) is 2.85. The Morgan fingerprint density at radius 1 is 1.14 bits per heavy atom. The van der Waals surface area contributed by atoms with Gasteiger partial charge in [0.05, 0.1) is 18.1 Å². The Morgan fingerprint density at radius 2 is 1.90 bits per heavy atom. The van der Waals surface area contributed by atoms with Crippen LogP contribution in [0.3, 0.4) is 0 Å². The minimum absolute atomic E-state index is 0.209. The third kappa shape index (κ3) is 2.75. The number of nitrogens with zero attached hydrogens (tertiary/aromatic N) is 2. The van der Waals surface area contributed by atoms with Gasteiger partial charge in [0.2, 0.25) is 0 Å². The molecule has 0 amide bonds.